The molecular weight excluding hydrogens is 438 g/mol. The zero-order valence-corrected chi connectivity index (χ0v) is 19.5. The van der Waals surface area contributed by atoms with E-state index in [9.17, 15) is 14.7 Å². The van der Waals surface area contributed by atoms with Gasteiger partial charge in [-0.3, -0.25) is 9.69 Å². The number of aliphatic carboxylic acids is 1. The van der Waals surface area contributed by atoms with Crippen molar-refractivity contribution in [2.24, 2.45) is 5.92 Å². The molecule has 0 bridgehead atoms. The molecule has 1 amide bonds. The van der Waals surface area contributed by atoms with Crippen LogP contribution in [-0.4, -0.2) is 52.0 Å². The van der Waals surface area contributed by atoms with Crippen molar-refractivity contribution in [1.82, 2.24) is 15.0 Å². The number of nitrogens with zero attached hydrogens (tertiary/aromatic N) is 3. The predicted octanol–water partition coefficient (Wildman–Crippen LogP) is 4.60. The van der Waals surface area contributed by atoms with Gasteiger partial charge in [0.2, 0.25) is 0 Å². The highest BCUT2D eigenvalue weighted by atomic mass is 16.6. The average molecular weight is 468 g/mol. The zero-order chi connectivity index (χ0) is 24.5. The standard InChI is InChI=1S/C25H29N3O6/c1-17(2)16-33-25(31)28(15-23(29)30)18(3)19-9-11-21(12-10-19)32-14-13-22-26-24(34-27-22)20-7-5-4-6-8-20/h4-12,17-18H,13-16H2,1-3H3,(H,29,30). The summed E-state index contributed by atoms with van der Waals surface area (Å²) < 4.78 is 16.3. The molecule has 9 heteroatoms. The van der Waals surface area contributed by atoms with Crippen LogP contribution >= 0.6 is 0 Å². The summed E-state index contributed by atoms with van der Waals surface area (Å²) in [5.74, 6) is 0.694. The molecule has 0 spiro atoms. The van der Waals surface area contributed by atoms with Crippen molar-refractivity contribution in [1.29, 1.82) is 0 Å². The van der Waals surface area contributed by atoms with Crippen molar-refractivity contribution in [2.75, 3.05) is 19.8 Å². The lowest BCUT2D eigenvalue weighted by molar-refractivity contribution is -0.138. The molecule has 0 fully saturated rings. The van der Waals surface area contributed by atoms with Crippen LogP contribution in [0.1, 0.15) is 38.2 Å². The van der Waals surface area contributed by atoms with Gasteiger partial charge in [0.15, 0.2) is 5.82 Å². The summed E-state index contributed by atoms with van der Waals surface area (Å²) in [4.78, 5) is 29.3. The van der Waals surface area contributed by atoms with Gasteiger partial charge in [-0.15, -0.1) is 0 Å². The second kappa shape index (κ2) is 11.8. The fraction of sp³-hybridized carbons (Fsp3) is 0.360. The van der Waals surface area contributed by atoms with Crippen molar-refractivity contribution < 1.29 is 28.7 Å². The van der Waals surface area contributed by atoms with Crippen LogP contribution in [0.4, 0.5) is 4.79 Å². The molecule has 3 aromatic rings. The summed E-state index contributed by atoms with van der Waals surface area (Å²) in [6.45, 7) is 5.72. The first-order valence-electron chi connectivity index (χ1n) is 11.1. The number of carboxylic acid groups (broad SMARTS) is 1. The molecule has 9 nitrogen and oxygen atoms in total. The Morgan fingerprint density at radius 1 is 1.06 bits per heavy atom. The number of hydrogen-bond acceptors (Lipinski definition) is 7. The van der Waals surface area contributed by atoms with Crippen molar-refractivity contribution in [3.63, 3.8) is 0 Å². The molecule has 0 saturated carbocycles. The van der Waals surface area contributed by atoms with Crippen LogP contribution in [0.15, 0.2) is 59.1 Å². The van der Waals surface area contributed by atoms with E-state index in [0.29, 0.717) is 30.5 Å². The van der Waals surface area contributed by atoms with E-state index in [1.165, 1.54) is 4.90 Å². The molecule has 1 unspecified atom stereocenters. The number of ether oxygens (including phenoxy) is 2. The van der Waals surface area contributed by atoms with E-state index in [1.54, 1.807) is 31.2 Å². The summed E-state index contributed by atoms with van der Waals surface area (Å²) in [7, 11) is 0. The summed E-state index contributed by atoms with van der Waals surface area (Å²) in [5, 5.41) is 13.2. The topological polar surface area (TPSA) is 115 Å². The lowest BCUT2D eigenvalue weighted by Gasteiger charge is -2.27. The minimum Gasteiger partial charge on any atom is -0.493 e. The minimum atomic E-state index is -1.11. The van der Waals surface area contributed by atoms with Crippen molar-refractivity contribution in [2.45, 2.75) is 33.2 Å². The highest BCUT2D eigenvalue weighted by Gasteiger charge is 2.25. The van der Waals surface area contributed by atoms with Gasteiger partial charge >= 0.3 is 12.1 Å². The van der Waals surface area contributed by atoms with Crippen LogP contribution in [0.2, 0.25) is 0 Å². The zero-order valence-electron chi connectivity index (χ0n) is 19.5. The Bertz CT molecular complexity index is 1070. The first-order chi connectivity index (χ1) is 16.3. The van der Waals surface area contributed by atoms with Crippen LogP contribution in [0.5, 0.6) is 5.75 Å². The van der Waals surface area contributed by atoms with Crippen molar-refractivity contribution in [3.8, 4) is 17.2 Å². The molecule has 0 aliphatic rings. The molecule has 34 heavy (non-hydrogen) atoms. The molecule has 1 heterocycles. The van der Waals surface area contributed by atoms with Gasteiger partial charge in [-0.1, -0.05) is 49.3 Å². The van der Waals surface area contributed by atoms with Gasteiger partial charge in [-0.05, 0) is 42.7 Å². The Labute approximate surface area is 198 Å². The SMILES string of the molecule is CC(C)COC(=O)N(CC(=O)O)C(C)c1ccc(OCCc2noc(-c3ccccc3)n2)cc1. The summed E-state index contributed by atoms with van der Waals surface area (Å²) in [6, 6.07) is 16.2. The molecule has 0 aliphatic heterocycles. The highest BCUT2D eigenvalue weighted by molar-refractivity contribution is 5.77. The number of hydrogen-bond donors (Lipinski definition) is 1. The van der Waals surface area contributed by atoms with E-state index in [2.05, 4.69) is 10.1 Å². The second-order valence-electron chi connectivity index (χ2n) is 8.22. The molecular formula is C25H29N3O6. The molecule has 0 radical (unpaired) electrons. The van der Waals surface area contributed by atoms with Crippen LogP contribution in [0.3, 0.4) is 0 Å². The number of carbonyl (C=O) groups is 2. The molecule has 180 valence electrons. The van der Waals surface area contributed by atoms with Gasteiger partial charge in [0, 0.05) is 12.0 Å². The second-order valence-corrected chi connectivity index (χ2v) is 8.22. The maximum Gasteiger partial charge on any atom is 0.410 e. The number of carbonyl (C=O) groups excluding carboxylic acids is 1. The molecule has 0 aliphatic carbocycles. The largest absolute Gasteiger partial charge is 0.493 e. The van der Waals surface area contributed by atoms with Gasteiger partial charge in [0.25, 0.3) is 5.89 Å². The first kappa shape index (κ1) is 24.8. The average Bonchev–Trinajstić information content (AvgIpc) is 3.30. The number of carboxylic acids is 1. The van der Waals surface area contributed by atoms with E-state index in [1.807, 2.05) is 44.2 Å². The lowest BCUT2D eigenvalue weighted by Crippen LogP contribution is -2.38. The fourth-order valence-corrected chi connectivity index (χ4v) is 3.16. The first-order valence-corrected chi connectivity index (χ1v) is 11.1. The Morgan fingerprint density at radius 2 is 1.76 bits per heavy atom. The van der Waals surface area contributed by atoms with Gasteiger partial charge in [0.05, 0.1) is 19.3 Å². The minimum absolute atomic E-state index is 0.153. The van der Waals surface area contributed by atoms with Crippen molar-refractivity contribution in [3.05, 3.63) is 66.0 Å². The maximum absolute atomic E-state index is 12.4. The van der Waals surface area contributed by atoms with Crippen LogP contribution < -0.4 is 4.74 Å². The van der Waals surface area contributed by atoms with E-state index in [4.69, 9.17) is 14.0 Å². The van der Waals surface area contributed by atoms with E-state index in [-0.39, 0.29) is 12.5 Å². The van der Waals surface area contributed by atoms with Gasteiger partial charge in [-0.25, -0.2) is 4.79 Å². The summed E-state index contributed by atoms with van der Waals surface area (Å²) >= 11 is 0. The quantitative estimate of drug-likeness (QED) is 0.435. The van der Waals surface area contributed by atoms with Gasteiger partial charge in [-0.2, -0.15) is 4.98 Å². The van der Waals surface area contributed by atoms with E-state index >= 15 is 0 Å². The highest BCUT2D eigenvalue weighted by Crippen LogP contribution is 2.24. The predicted molar refractivity (Wildman–Crippen MR) is 124 cm³/mol. The van der Waals surface area contributed by atoms with Crippen LogP contribution in [0.25, 0.3) is 11.5 Å². The number of aromatic nitrogens is 2. The monoisotopic (exact) mass is 467 g/mol. The van der Waals surface area contributed by atoms with E-state index in [0.717, 1.165) is 11.1 Å². The lowest BCUT2D eigenvalue weighted by atomic mass is 10.1. The normalized spacial score (nSPS) is 11.8. The smallest absolute Gasteiger partial charge is 0.410 e. The number of rotatable bonds is 11. The Morgan fingerprint density at radius 3 is 2.41 bits per heavy atom. The van der Waals surface area contributed by atoms with Crippen LogP contribution in [0, 0.1) is 5.92 Å². The van der Waals surface area contributed by atoms with Crippen LogP contribution in [-0.2, 0) is 16.0 Å². The Kier molecular flexibility index (Phi) is 8.61. The fourth-order valence-electron chi connectivity index (χ4n) is 3.16. The van der Waals surface area contributed by atoms with Crippen molar-refractivity contribution >= 4 is 12.1 Å². The summed E-state index contributed by atoms with van der Waals surface area (Å²) in [5.41, 5.74) is 1.62. The van der Waals surface area contributed by atoms with E-state index < -0.39 is 24.6 Å². The maximum atomic E-state index is 12.4. The third-order valence-electron chi connectivity index (χ3n) is 4.99. The third kappa shape index (κ3) is 7.06. The molecule has 1 aromatic heterocycles. The van der Waals surface area contributed by atoms with Gasteiger partial charge in [0.1, 0.15) is 12.3 Å². The number of amides is 1. The summed E-state index contributed by atoms with van der Waals surface area (Å²) in [6.07, 6.45) is -0.179. The molecule has 1 atom stereocenters. The Balaban J connectivity index is 1.55. The molecule has 1 N–H and O–H groups in total. The molecule has 0 saturated heterocycles. The van der Waals surface area contributed by atoms with Gasteiger partial charge < -0.3 is 19.1 Å². The molecule has 2 aromatic carbocycles. The Hall–Kier alpha value is -3.88. The molecule has 3 rings (SSSR count). The third-order valence-corrected chi connectivity index (χ3v) is 4.99. The number of benzene rings is 2.